The van der Waals surface area contributed by atoms with Gasteiger partial charge in [0.05, 0.1) is 0 Å². The molecule has 0 amide bonds. The Hall–Kier alpha value is -0.710. The van der Waals surface area contributed by atoms with Crippen LogP contribution >= 0.6 is 27.3 Å². The lowest BCUT2D eigenvalue weighted by Gasteiger charge is -2.11. The molecule has 0 aliphatic carbocycles. The molecule has 1 atom stereocenters. The van der Waals surface area contributed by atoms with Gasteiger partial charge in [-0.3, -0.25) is 0 Å². The minimum atomic E-state index is -0.708. The number of hydrogen-bond acceptors (Lipinski definition) is 2. The molecule has 1 unspecified atom stereocenters. The third-order valence-corrected chi connectivity index (χ3v) is 4.19. The minimum absolute atomic E-state index is 0.250. The van der Waals surface area contributed by atoms with E-state index in [-0.39, 0.29) is 5.82 Å². The van der Waals surface area contributed by atoms with Gasteiger partial charge in [-0.25, -0.2) is 4.39 Å². The average Bonchev–Trinajstić information content (AvgIpc) is 2.67. The maximum Gasteiger partial charge on any atom is 0.126 e. The Balaban J connectivity index is 2.38. The van der Waals surface area contributed by atoms with E-state index in [1.54, 1.807) is 19.1 Å². The fraction of sp³-hybridized carbons (Fsp3) is 0.167. The van der Waals surface area contributed by atoms with Crippen LogP contribution in [0, 0.1) is 12.7 Å². The normalized spacial score (nSPS) is 12.8. The van der Waals surface area contributed by atoms with Gasteiger partial charge in [-0.05, 0) is 45.4 Å². The summed E-state index contributed by atoms with van der Waals surface area (Å²) in [6.45, 7) is 1.69. The van der Waals surface area contributed by atoms with Gasteiger partial charge in [0, 0.05) is 15.4 Å². The van der Waals surface area contributed by atoms with Crippen molar-refractivity contribution < 1.29 is 9.50 Å². The summed E-state index contributed by atoms with van der Waals surface area (Å²) in [5.41, 5.74) is 2.07. The Morgan fingerprint density at radius 2 is 2.12 bits per heavy atom. The number of aryl methyl sites for hydroxylation is 1. The highest BCUT2D eigenvalue weighted by molar-refractivity contribution is 9.10. The first-order chi connectivity index (χ1) is 7.59. The molecule has 0 bridgehead atoms. The number of benzene rings is 1. The predicted molar refractivity (Wildman–Crippen MR) is 67.2 cm³/mol. The molecule has 0 spiro atoms. The summed E-state index contributed by atoms with van der Waals surface area (Å²) in [7, 11) is 0. The van der Waals surface area contributed by atoms with E-state index >= 15 is 0 Å². The first kappa shape index (κ1) is 11.8. The summed E-state index contributed by atoms with van der Waals surface area (Å²) in [4.78, 5) is 0. The van der Waals surface area contributed by atoms with E-state index in [1.165, 1.54) is 17.4 Å². The van der Waals surface area contributed by atoms with Crippen molar-refractivity contribution >= 4 is 27.3 Å². The second kappa shape index (κ2) is 4.65. The molecule has 0 saturated carbocycles. The number of thiophene rings is 1. The van der Waals surface area contributed by atoms with E-state index in [1.807, 2.05) is 10.8 Å². The summed E-state index contributed by atoms with van der Waals surface area (Å²) in [6, 6.07) is 4.66. The van der Waals surface area contributed by atoms with E-state index in [2.05, 4.69) is 15.9 Å². The SMILES string of the molecule is Cc1cc(C(O)c2cscc2Br)ccc1F. The molecular weight excluding hydrogens is 291 g/mol. The van der Waals surface area contributed by atoms with Crippen molar-refractivity contribution in [3.8, 4) is 0 Å². The van der Waals surface area contributed by atoms with Crippen LogP contribution in [0.25, 0.3) is 0 Å². The number of hydrogen-bond donors (Lipinski definition) is 1. The summed E-state index contributed by atoms with van der Waals surface area (Å²) in [5.74, 6) is -0.250. The maximum atomic E-state index is 13.1. The lowest BCUT2D eigenvalue weighted by Crippen LogP contribution is -2.00. The lowest BCUT2D eigenvalue weighted by molar-refractivity contribution is 0.220. The number of rotatable bonds is 2. The van der Waals surface area contributed by atoms with Crippen LogP contribution in [0.5, 0.6) is 0 Å². The summed E-state index contributed by atoms with van der Waals surface area (Å²) in [6.07, 6.45) is -0.708. The second-order valence-corrected chi connectivity index (χ2v) is 5.18. The topological polar surface area (TPSA) is 20.2 Å². The molecule has 1 N–H and O–H groups in total. The molecule has 0 fully saturated rings. The van der Waals surface area contributed by atoms with E-state index in [4.69, 9.17) is 0 Å². The van der Waals surface area contributed by atoms with Crippen molar-refractivity contribution in [2.75, 3.05) is 0 Å². The van der Waals surface area contributed by atoms with Crippen LogP contribution in [0.4, 0.5) is 4.39 Å². The molecule has 1 heterocycles. The third kappa shape index (κ3) is 2.19. The Labute approximate surface area is 106 Å². The van der Waals surface area contributed by atoms with Crippen LogP contribution in [-0.2, 0) is 0 Å². The van der Waals surface area contributed by atoms with E-state index in [0.717, 1.165) is 10.0 Å². The van der Waals surface area contributed by atoms with Crippen LogP contribution in [0.3, 0.4) is 0 Å². The predicted octanol–water partition coefficient (Wildman–Crippen LogP) is 4.04. The highest BCUT2D eigenvalue weighted by Gasteiger charge is 2.15. The molecule has 0 saturated heterocycles. The zero-order valence-corrected chi connectivity index (χ0v) is 11.0. The highest BCUT2D eigenvalue weighted by atomic mass is 79.9. The van der Waals surface area contributed by atoms with Crippen LogP contribution in [0.1, 0.15) is 22.8 Å². The van der Waals surface area contributed by atoms with Gasteiger partial charge in [-0.15, -0.1) is 0 Å². The summed E-state index contributed by atoms with van der Waals surface area (Å²) >= 11 is 4.89. The Morgan fingerprint density at radius 1 is 1.38 bits per heavy atom. The fourth-order valence-electron chi connectivity index (χ4n) is 1.50. The van der Waals surface area contributed by atoms with Crippen molar-refractivity contribution in [2.24, 2.45) is 0 Å². The lowest BCUT2D eigenvalue weighted by atomic mass is 10.0. The van der Waals surface area contributed by atoms with Gasteiger partial charge in [-0.2, -0.15) is 11.3 Å². The average molecular weight is 301 g/mol. The molecule has 1 aromatic heterocycles. The molecule has 2 aromatic rings. The van der Waals surface area contributed by atoms with E-state index in [9.17, 15) is 9.50 Å². The van der Waals surface area contributed by atoms with Crippen molar-refractivity contribution in [2.45, 2.75) is 13.0 Å². The molecule has 1 nitrogen and oxygen atoms in total. The van der Waals surface area contributed by atoms with Gasteiger partial charge in [0.1, 0.15) is 11.9 Å². The molecule has 16 heavy (non-hydrogen) atoms. The summed E-state index contributed by atoms with van der Waals surface area (Å²) < 4.78 is 14.0. The third-order valence-electron chi connectivity index (χ3n) is 2.43. The first-order valence-electron chi connectivity index (χ1n) is 4.75. The van der Waals surface area contributed by atoms with Crippen LogP contribution in [0.2, 0.25) is 0 Å². The largest absolute Gasteiger partial charge is 0.384 e. The standard InChI is InChI=1S/C12H10BrFOS/c1-7-4-8(2-3-11(7)14)12(15)9-5-16-6-10(9)13/h2-6,12,15H,1H3. The highest BCUT2D eigenvalue weighted by Crippen LogP contribution is 2.31. The van der Waals surface area contributed by atoms with E-state index < -0.39 is 6.10 Å². The fourth-order valence-corrected chi connectivity index (χ4v) is 3.04. The molecule has 2 rings (SSSR count). The molecule has 84 valence electrons. The number of halogens is 2. The maximum absolute atomic E-state index is 13.1. The Morgan fingerprint density at radius 3 is 2.69 bits per heavy atom. The quantitative estimate of drug-likeness (QED) is 0.887. The number of aliphatic hydroxyl groups excluding tert-OH is 1. The Bertz CT molecular complexity index is 509. The van der Waals surface area contributed by atoms with Crippen LogP contribution in [-0.4, -0.2) is 5.11 Å². The molecular formula is C12H10BrFOS. The van der Waals surface area contributed by atoms with Gasteiger partial charge in [-0.1, -0.05) is 12.1 Å². The van der Waals surface area contributed by atoms with Crippen LogP contribution in [0.15, 0.2) is 33.4 Å². The van der Waals surface area contributed by atoms with Gasteiger partial charge in [0.15, 0.2) is 0 Å². The van der Waals surface area contributed by atoms with Crippen molar-refractivity contribution in [3.05, 3.63) is 55.9 Å². The first-order valence-corrected chi connectivity index (χ1v) is 6.49. The van der Waals surface area contributed by atoms with Crippen molar-refractivity contribution in [1.29, 1.82) is 0 Å². The smallest absolute Gasteiger partial charge is 0.126 e. The van der Waals surface area contributed by atoms with Crippen molar-refractivity contribution in [1.82, 2.24) is 0 Å². The van der Waals surface area contributed by atoms with Crippen molar-refractivity contribution in [3.63, 3.8) is 0 Å². The Kier molecular flexibility index (Phi) is 3.42. The molecule has 0 radical (unpaired) electrons. The molecule has 4 heteroatoms. The van der Waals surface area contributed by atoms with Gasteiger partial charge in [0.2, 0.25) is 0 Å². The second-order valence-electron chi connectivity index (χ2n) is 3.59. The van der Waals surface area contributed by atoms with Gasteiger partial charge >= 0.3 is 0 Å². The number of aliphatic hydroxyl groups is 1. The molecule has 0 aliphatic heterocycles. The monoisotopic (exact) mass is 300 g/mol. The molecule has 1 aromatic carbocycles. The minimum Gasteiger partial charge on any atom is -0.384 e. The van der Waals surface area contributed by atoms with E-state index in [0.29, 0.717) is 11.1 Å². The zero-order valence-electron chi connectivity index (χ0n) is 8.58. The summed E-state index contributed by atoms with van der Waals surface area (Å²) in [5, 5.41) is 13.9. The van der Waals surface area contributed by atoms with Gasteiger partial charge < -0.3 is 5.11 Å². The van der Waals surface area contributed by atoms with Gasteiger partial charge in [0.25, 0.3) is 0 Å². The van der Waals surface area contributed by atoms with Crippen LogP contribution < -0.4 is 0 Å². The zero-order chi connectivity index (χ0) is 11.7. The molecule has 0 aliphatic rings.